The van der Waals surface area contributed by atoms with Gasteiger partial charge in [-0.1, -0.05) is 42.5 Å². The van der Waals surface area contributed by atoms with E-state index < -0.39 is 0 Å². The van der Waals surface area contributed by atoms with Gasteiger partial charge in [-0.15, -0.1) is 0 Å². The smallest absolute Gasteiger partial charge is 0.419 e. The number of carbonyl (C=O) groups is 1. The zero-order chi connectivity index (χ0) is 12.5. The summed E-state index contributed by atoms with van der Waals surface area (Å²) in [6.07, 6.45) is -0.602. The van der Waals surface area contributed by atoms with E-state index in [1.807, 2.05) is 61.5 Å². The first-order valence-corrected chi connectivity index (χ1v) is 5.87. The lowest BCUT2D eigenvalue weighted by Crippen LogP contribution is -2.48. The second-order valence-corrected chi connectivity index (χ2v) is 4.36. The fourth-order valence-electron chi connectivity index (χ4n) is 2.10. The minimum atomic E-state index is -0.305. The molecule has 1 atom stereocenters. The number of hydrogen-bond acceptors (Lipinski definition) is 2. The molecule has 90 valence electrons. The molecule has 0 bridgehead atoms. The predicted molar refractivity (Wildman–Crippen MR) is 69.3 cm³/mol. The summed E-state index contributed by atoms with van der Waals surface area (Å²) in [6, 6.07) is 17.6. The summed E-state index contributed by atoms with van der Waals surface area (Å²) < 4.78 is 5.22. The molecule has 1 aliphatic heterocycles. The van der Waals surface area contributed by atoms with Crippen molar-refractivity contribution in [2.24, 2.45) is 0 Å². The lowest BCUT2D eigenvalue weighted by atomic mass is 10.1. The molecule has 0 aliphatic carbocycles. The molecule has 2 aromatic rings. The van der Waals surface area contributed by atoms with Crippen molar-refractivity contribution in [2.45, 2.75) is 13.2 Å². The van der Waals surface area contributed by atoms with Crippen molar-refractivity contribution in [3.63, 3.8) is 0 Å². The van der Waals surface area contributed by atoms with Gasteiger partial charge in [-0.05, 0) is 24.6 Å². The fourth-order valence-corrected chi connectivity index (χ4v) is 2.10. The number of rotatable bonds is 2. The summed E-state index contributed by atoms with van der Waals surface area (Å²) in [5, 5.41) is 0. The molecule has 3 rings (SSSR count). The van der Waals surface area contributed by atoms with Crippen molar-refractivity contribution >= 4 is 11.8 Å². The van der Waals surface area contributed by atoms with E-state index in [9.17, 15) is 4.79 Å². The SMILES string of the molecule is Cc1cccc(N2C(=O)OC2c2ccccc2)c1. The molecule has 18 heavy (non-hydrogen) atoms. The molecule has 1 aliphatic rings. The predicted octanol–water partition coefficient (Wildman–Crippen LogP) is 3.65. The Hall–Kier alpha value is -2.29. The second kappa shape index (κ2) is 4.18. The fraction of sp³-hybridized carbons (Fsp3) is 0.133. The van der Waals surface area contributed by atoms with Crippen LogP contribution in [0.5, 0.6) is 0 Å². The molecule has 0 saturated carbocycles. The Balaban J connectivity index is 1.94. The van der Waals surface area contributed by atoms with Crippen molar-refractivity contribution < 1.29 is 9.53 Å². The molecular weight excluding hydrogens is 226 g/mol. The van der Waals surface area contributed by atoms with Gasteiger partial charge in [-0.25, -0.2) is 9.69 Å². The minimum Gasteiger partial charge on any atom is -0.420 e. The van der Waals surface area contributed by atoms with Gasteiger partial charge >= 0.3 is 6.09 Å². The first-order valence-electron chi connectivity index (χ1n) is 5.87. The lowest BCUT2D eigenvalue weighted by molar-refractivity contribution is 0.0430. The van der Waals surface area contributed by atoms with Crippen LogP contribution in [0.25, 0.3) is 0 Å². The number of aryl methyl sites for hydroxylation is 1. The van der Waals surface area contributed by atoms with Crippen molar-refractivity contribution in [2.75, 3.05) is 4.90 Å². The number of amides is 1. The number of carbonyl (C=O) groups excluding carboxylic acids is 1. The van der Waals surface area contributed by atoms with E-state index in [1.165, 1.54) is 0 Å². The average Bonchev–Trinajstić information content (AvgIpc) is 2.37. The third-order valence-corrected chi connectivity index (χ3v) is 3.01. The molecule has 1 saturated heterocycles. The summed E-state index contributed by atoms with van der Waals surface area (Å²) in [5.41, 5.74) is 2.98. The Bertz CT molecular complexity index is 580. The van der Waals surface area contributed by atoms with Gasteiger partial charge in [0, 0.05) is 5.56 Å². The van der Waals surface area contributed by atoms with Gasteiger partial charge in [-0.2, -0.15) is 0 Å². The van der Waals surface area contributed by atoms with Crippen molar-refractivity contribution in [1.29, 1.82) is 0 Å². The highest BCUT2D eigenvalue weighted by Crippen LogP contribution is 2.36. The molecule has 3 heteroatoms. The number of cyclic esters (lactones) is 1. The Labute approximate surface area is 106 Å². The monoisotopic (exact) mass is 239 g/mol. The highest BCUT2D eigenvalue weighted by atomic mass is 16.6. The van der Waals surface area contributed by atoms with Crippen LogP contribution in [0.15, 0.2) is 54.6 Å². The third kappa shape index (κ3) is 1.74. The number of hydrogen-bond donors (Lipinski definition) is 0. The van der Waals surface area contributed by atoms with Crippen LogP contribution in [0.3, 0.4) is 0 Å². The summed E-state index contributed by atoms with van der Waals surface area (Å²) in [7, 11) is 0. The van der Waals surface area contributed by atoms with Gasteiger partial charge in [0.2, 0.25) is 6.23 Å². The highest BCUT2D eigenvalue weighted by Gasteiger charge is 2.40. The number of anilines is 1. The van der Waals surface area contributed by atoms with Gasteiger partial charge in [0.25, 0.3) is 0 Å². The van der Waals surface area contributed by atoms with Crippen LogP contribution in [0.1, 0.15) is 17.4 Å². The second-order valence-electron chi connectivity index (χ2n) is 4.36. The quantitative estimate of drug-likeness (QED) is 0.800. The first kappa shape index (κ1) is 10.8. The molecular formula is C15H13NO2. The summed E-state index contributed by atoms with van der Waals surface area (Å²) >= 11 is 0. The number of nitrogens with zero attached hydrogens (tertiary/aromatic N) is 1. The molecule has 0 aromatic heterocycles. The Morgan fingerprint density at radius 1 is 1.06 bits per heavy atom. The standard InChI is InChI=1S/C15H13NO2/c1-11-6-5-9-13(10-11)16-14(18-15(16)17)12-7-3-2-4-8-12/h2-10,14H,1H3. The zero-order valence-electron chi connectivity index (χ0n) is 10.0. The molecule has 0 spiro atoms. The van der Waals surface area contributed by atoms with Gasteiger partial charge in [0.15, 0.2) is 0 Å². The Morgan fingerprint density at radius 2 is 1.83 bits per heavy atom. The molecule has 1 unspecified atom stereocenters. The van der Waals surface area contributed by atoms with E-state index in [0.29, 0.717) is 0 Å². The van der Waals surface area contributed by atoms with Crippen LogP contribution >= 0.6 is 0 Å². The van der Waals surface area contributed by atoms with E-state index >= 15 is 0 Å². The average molecular weight is 239 g/mol. The topological polar surface area (TPSA) is 29.5 Å². The van der Waals surface area contributed by atoms with E-state index in [2.05, 4.69) is 0 Å². The van der Waals surface area contributed by atoms with E-state index in [1.54, 1.807) is 4.90 Å². The Morgan fingerprint density at radius 3 is 2.50 bits per heavy atom. The van der Waals surface area contributed by atoms with Crippen molar-refractivity contribution in [3.8, 4) is 0 Å². The minimum absolute atomic E-state index is 0.297. The molecule has 3 nitrogen and oxygen atoms in total. The van der Waals surface area contributed by atoms with Crippen LogP contribution in [-0.4, -0.2) is 6.09 Å². The van der Waals surface area contributed by atoms with Gasteiger partial charge in [0.05, 0.1) is 5.69 Å². The summed E-state index contributed by atoms with van der Waals surface area (Å²) in [4.78, 5) is 13.3. The normalized spacial score (nSPS) is 18.2. The van der Waals surface area contributed by atoms with Crippen LogP contribution in [0.2, 0.25) is 0 Å². The first-order chi connectivity index (χ1) is 8.75. The van der Waals surface area contributed by atoms with E-state index in [0.717, 1.165) is 16.8 Å². The molecule has 1 amide bonds. The van der Waals surface area contributed by atoms with E-state index in [-0.39, 0.29) is 12.3 Å². The van der Waals surface area contributed by atoms with Crippen LogP contribution in [-0.2, 0) is 4.74 Å². The molecule has 0 N–H and O–H groups in total. The molecule has 1 heterocycles. The zero-order valence-corrected chi connectivity index (χ0v) is 10.0. The van der Waals surface area contributed by atoms with Crippen LogP contribution in [0.4, 0.5) is 10.5 Å². The van der Waals surface area contributed by atoms with Crippen molar-refractivity contribution in [1.82, 2.24) is 0 Å². The maximum Gasteiger partial charge on any atom is 0.419 e. The largest absolute Gasteiger partial charge is 0.420 e. The molecule has 1 fully saturated rings. The number of ether oxygens (including phenoxy) is 1. The lowest BCUT2D eigenvalue weighted by Gasteiger charge is -2.39. The summed E-state index contributed by atoms with van der Waals surface area (Å²) in [6.45, 7) is 2.01. The highest BCUT2D eigenvalue weighted by molar-refractivity contribution is 5.93. The van der Waals surface area contributed by atoms with Gasteiger partial charge < -0.3 is 4.74 Å². The van der Waals surface area contributed by atoms with Crippen molar-refractivity contribution in [3.05, 3.63) is 65.7 Å². The summed E-state index contributed by atoms with van der Waals surface area (Å²) in [5.74, 6) is 0. The molecule has 2 aromatic carbocycles. The maximum absolute atomic E-state index is 11.6. The molecule has 0 radical (unpaired) electrons. The van der Waals surface area contributed by atoms with E-state index in [4.69, 9.17) is 4.74 Å². The van der Waals surface area contributed by atoms with Gasteiger partial charge in [-0.3, -0.25) is 0 Å². The Kier molecular flexibility index (Phi) is 2.52. The van der Waals surface area contributed by atoms with Crippen LogP contribution < -0.4 is 4.90 Å². The van der Waals surface area contributed by atoms with Gasteiger partial charge in [0.1, 0.15) is 0 Å². The third-order valence-electron chi connectivity index (χ3n) is 3.01. The maximum atomic E-state index is 11.6. The number of benzene rings is 2. The van der Waals surface area contributed by atoms with Crippen LogP contribution in [0, 0.1) is 6.92 Å².